The van der Waals surface area contributed by atoms with E-state index in [-0.39, 0.29) is 16.9 Å². The van der Waals surface area contributed by atoms with Gasteiger partial charge in [0.2, 0.25) is 0 Å². The Morgan fingerprint density at radius 3 is 2.69 bits per heavy atom. The molecule has 4 nitrogen and oxygen atoms in total. The molecule has 0 bridgehead atoms. The van der Waals surface area contributed by atoms with Crippen LogP contribution in [0.2, 0.25) is 0 Å². The molecule has 0 saturated carbocycles. The number of benzene rings is 1. The molecule has 0 radical (unpaired) electrons. The molecule has 0 heterocycles. The topological polar surface area (TPSA) is 88.2 Å². The van der Waals surface area contributed by atoms with E-state index in [9.17, 15) is 4.39 Å². The van der Waals surface area contributed by atoms with E-state index in [1.165, 1.54) is 12.1 Å². The normalized spacial score (nSPS) is 9.88. The van der Waals surface area contributed by atoms with Crippen LogP contribution in [0.3, 0.4) is 0 Å². The first-order valence-electron chi connectivity index (χ1n) is 4.23. The minimum atomic E-state index is -0.321. The third-order valence-electron chi connectivity index (χ3n) is 1.53. The zero-order chi connectivity index (χ0) is 12.1. The molecule has 0 spiro atoms. The largest absolute Gasteiger partial charge is 0.370 e. The van der Waals surface area contributed by atoms with Gasteiger partial charge in [-0.25, -0.2) is 4.39 Å². The molecule has 0 atom stereocenters. The summed E-state index contributed by atoms with van der Waals surface area (Å²) < 4.78 is 13.7. The van der Waals surface area contributed by atoms with Crippen LogP contribution in [0.4, 0.5) is 4.39 Å². The van der Waals surface area contributed by atoms with Crippen LogP contribution in [0.15, 0.2) is 27.7 Å². The lowest BCUT2D eigenvalue weighted by molar-refractivity contribution is 0.625. The van der Waals surface area contributed by atoms with Gasteiger partial charge in [-0.15, -0.1) is 0 Å². The molecule has 5 N–H and O–H groups in total. The molecule has 1 aromatic rings. The van der Waals surface area contributed by atoms with Gasteiger partial charge in [-0.2, -0.15) is 4.99 Å². The predicted molar refractivity (Wildman–Crippen MR) is 68.9 cm³/mol. The Hall–Kier alpha value is -1.08. The van der Waals surface area contributed by atoms with Crippen molar-refractivity contribution in [2.24, 2.45) is 16.5 Å². The van der Waals surface area contributed by atoms with Crippen molar-refractivity contribution in [3.63, 3.8) is 0 Å². The van der Waals surface area contributed by atoms with Gasteiger partial charge in [0.1, 0.15) is 5.82 Å². The van der Waals surface area contributed by atoms with Gasteiger partial charge in [0.05, 0.1) is 0 Å². The average molecular weight is 305 g/mol. The van der Waals surface area contributed by atoms with Gasteiger partial charge < -0.3 is 11.5 Å². The summed E-state index contributed by atoms with van der Waals surface area (Å²) in [5, 5.41) is 7.39. The van der Waals surface area contributed by atoms with Crippen LogP contribution < -0.4 is 11.5 Å². The lowest BCUT2D eigenvalue weighted by atomic mass is 10.2. The number of nitrogens with two attached hydrogens (primary N) is 2. The van der Waals surface area contributed by atoms with Crippen molar-refractivity contribution < 1.29 is 4.39 Å². The third-order valence-corrected chi connectivity index (χ3v) is 2.83. The average Bonchev–Trinajstić information content (AvgIpc) is 2.12. The van der Waals surface area contributed by atoms with Crippen LogP contribution in [0.25, 0.3) is 0 Å². The van der Waals surface area contributed by atoms with E-state index in [2.05, 4.69) is 20.9 Å². The molecular formula is C9H10BrFN4S. The maximum Gasteiger partial charge on any atom is 0.193 e. The molecule has 0 aliphatic carbocycles. The highest BCUT2D eigenvalue weighted by Gasteiger charge is 2.02. The number of halogens is 2. The zero-order valence-corrected chi connectivity index (χ0v) is 10.6. The summed E-state index contributed by atoms with van der Waals surface area (Å²) in [6.07, 6.45) is 0. The van der Waals surface area contributed by atoms with Crippen LogP contribution in [0.1, 0.15) is 5.56 Å². The number of thioether (sulfide) groups is 1. The molecule has 0 amide bonds. The van der Waals surface area contributed by atoms with E-state index >= 15 is 0 Å². The number of hydrogen-bond donors (Lipinski definition) is 3. The van der Waals surface area contributed by atoms with Crippen molar-refractivity contribution in [2.45, 2.75) is 5.75 Å². The number of guanidine groups is 1. The molecule has 86 valence electrons. The highest BCUT2D eigenvalue weighted by atomic mass is 79.9. The molecule has 0 saturated heterocycles. The first kappa shape index (κ1) is 13.0. The minimum Gasteiger partial charge on any atom is -0.370 e. The Morgan fingerprint density at radius 2 is 2.12 bits per heavy atom. The van der Waals surface area contributed by atoms with Crippen molar-refractivity contribution in [3.8, 4) is 0 Å². The Kier molecular flexibility index (Phi) is 4.75. The van der Waals surface area contributed by atoms with Gasteiger partial charge in [0, 0.05) is 10.2 Å². The van der Waals surface area contributed by atoms with E-state index in [0.717, 1.165) is 17.3 Å². The number of amidine groups is 1. The summed E-state index contributed by atoms with van der Waals surface area (Å²) in [5.74, 6) is -0.0392. The fraction of sp³-hybridized carbons (Fsp3) is 0.111. The third kappa shape index (κ3) is 4.63. The fourth-order valence-corrected chi connectivity index (χ4v) is 2.15. The van der Waals surface area contributed by atoms with Crippen LogP contribution in [-0.2, 0) is 5.75 Å². The van der Waals surface area contributed by atoms with Crippen molar-refractivity contribution >= 4 is 38.8 Å². The summed E-state index contributed by atoms with van der Waals surface area (Å²) in [7, 11) is 0. The van der Waals surface area contributed by atoms with Crippen molar-refractivity contribution in [1.29, 1.82) is 5.41 Å². The lowest BCUT2D eigenvalue weighted by Gasteiger charge is -2.01. The molecule has 0 fully saturated rings. The molecule has 1 rings (SSSR count). The van der Waals surface area contributed by atoms with Crippen LogP contribution in [0.5, 0.6) is 0 Å². The van der Waals surface area contributed by atoms with E-state index < -0.39 is 0 Å². The van der Waals surface area contributed by atoms with Gasteiger partial charge in [-0.3, -0.25) is 5.41 Å². The number of nitrogens with one attached hydrogen (secondary N) is 1. The highest BCUT2D eigenvalue weighted by Crippen LogP contribution is 2.19. The summed E-state index contributed by atoms with van der Waals surface area (Å²) in [5.41, 5.74) is 11.0. The van der Waals surface area contributed by atoms with Crippen LogP contribution in [0, 0.1) is 11.2 Å². The standard InChI is InChI=1S/C9H10BrFN4S/c10-6-1-5(2-7(11)3-6)4-16-9(14)15-8(12)13/h1-3H,4H2,(H5,12,13,14,15). The van der Waals surface area contributed by atoms with Crippen LogP contribution in [-0.4, -0.2) is 11.1 Å². The van der Waals surface area contributed by atoms with Gasteiger partial charge in [0.15, 0.2) is 11.1 Å². The van der Waals surface area contributed by atoms with Gasteiger partial charge >= 0.3 is 0 Å². The Balaban J connectivity index is 2.61. The maximum absolute atomic E-state index is 13.0. The number of aliphatic imine (C=N–C) groups is 1. The zero-order valence-electron chi connectivity index (χ0n) is 8.21. The summed E-state index contributed by atoms with van der Waals surface area (Å²) in [6.45, 7) is 0. The molecule has 0 aliphatic rings. The number of rotatable bonds is 2. The van der Waals surface area contributed by atoms with Crippen molar-refractivity contribution in [2.75, 3.05) is 0 Å². The highest BCUT2D eigenvalue weighted by molar-refractivity contribution is 9.10. The quantitative estimate of drug-likeness (QED) is 0.577. The van der Waals surface area contributed by atoms with Gasteiger partial charge in [-0.05, 0) is 23.8 Å². The molecule has 1 aromatic carbocycles. The molecule has 7 heteroatoms. The van der Waals surface area contributed by atoms with E-state index in [1.807, 2.05) is 0 Å². The number of nitrogens with zero attached hydrogens (tertiary/aromatic N) is 1. The number of hydrogen-bond acceptors (Lipinski definition) is 2. The molecular weight excluding hydrogens is 295 g/mol. The first-order chi connectivity index (χ1) is 7.47. The summed E-state index contributed by atoms with van der Waals surface area (Å²) in [4.78, 5) is 3.55. The van der Waals surface area contributed by atoms with Gasteiger partial charge in [0.25, 0.3) is 0 Å². The van der Waals surface area contributed by atoms with Gasteiger partial charge in [-0.1, -0.05) is 27.7 Å². The Morgan fingerprint density at radius 1 is 1.44 bits per heavy atom. The smallest absolute Gasteiger partial charge is 0.193 e. The Labute approximate surface area is 105 Å². The van der Waals surface area contributed by atoms with Crippen LogP contribution >= 0.6 is 27.7 Å². The molecule has 16 heavy (non-hydrogen) atoms. The fourth-order valence-electron chi connectivity index (χ4n) is 0.996. The summed E-state index contributed by atoms with van der Waals surface area (Å²) >= 11 is 4.31. The maximum atomic E-state index is 13.0. The van der Waals surface area contributed by atoms with E-state index in [0.29, 0.717) is 10.2 Å². The van der Waals surface area contributed by atoms with E-state index in [4.69, 9.17) is 16.9 Å². The second-order valence-corrected chi connectivity index (χ2v) is 4.79. The lowest BCUT2D eigenvalue weighted by Crippen LogP contribution is -2.23. The Bertz CT molecular complexity index is 411. The second-order valence-electron chi connectivity index (χ2n) is 2.91. The second kappa shape index (κ2) is 5.86. The monoisotopic (exact) mass is 304 g/mol. The van der Waals surface area contributed by atoms with Crippen molar-refractivity contribution in [3.05, 3.63) is 34.1 Å². The molecule has 0 aromatic heterocycles. The SMILES string of the molecule is N=C(N=C(N)N)SCc1cc(F)cc(Br)c1. The molecule has 0 unspecified atom stereocenters. The minimum absolute atomic E-state index is 0.000355. The first-order valence-corrected chi connectivity index (χ1v) is 6.01. The van der Waals surface area contributed by atoms with Crippen molar-refractivity contribution in [1.82, 2.24) is 0 Å². The predicted octanol–water partition coefficient (Wildman–Crippen LogP) is 2.03. The molecule has 0 aliphatic heterocycles. The summed E-state index contributed by atoms with van der Waals surface area (Å²) in [6, 6.07) is 4.55. The van der Waals surface area contributed by atoms with E-state index in [1.54, 1.807) is 6.07 Å².